The molecule has 0 bridgehead atoms. The summed E-state index contributed by atoms with van der Waals surface area (Å²) in [5.41, 5.74) is 1.72. The Kier molecular flexibility index (Phi) is 18.4. The summed E-state index contributed by atoms with van der Waals surface area (Å²) < 4.78 is 5.86. The van der Waals surface area contributed by atoms with Gasteiger partial charge in [-0.3, -0.25) is 4.79 Å². The van der Waals surface area contributed by atoms with Crippen molar-refractivity contribution in [1.82, 2.24) is 4.98 Å². The Morgan fingerprint density at radius 3 is 1.71 bits per heavy atom. The standard InChI is InChI=1S/C18H23N2O3.2C10H18N2.Ru/c21-17(22)9-3-1-2-6-13-10-11-19-15(12-13)18-20-14-7-4-5-8-16(14)23-18;2*1-3-7-11-9(5-1)10-6-2-4-8-12-10;/h4-5,7-8,13,15H,1-3,6,9-12H2,(H,21,22);2*9-10H,1-8H2;/q-1;2*-2;+5. The maximum atomic E-state index is 10.5. The van der Waals surface area contributed by atoms with Gasteiger partial charge in [0.1, 0.15) is 5.52 Å². The van der Waals surface area contributed by atoms with E-state index in [-0.39, 0.29) is 31.9 Å². The Morgan fingerprint density at radius 2 is 1.23 bits per heavy atom. The summed E-state index contributed by atoms with van der Waals surface area (Å²) in [4.78, 5) is 15.1. The van der Waals surface area contributed by atoms with Gasteiger partial charge in [-0.2, -0.15) is 24.2 Å². The van der Waals surface area contributed by atoms with E-state index in [1.165, 1.54) is 77.0 Å². The Labute approximate surface area is 302 Å². The molecule has 6 atom stereocenters. The molecule has 1 N–H and O–H groups in total. The summed E-state index contributed by atoms with van der Waals surface area (Å²) in [7, 11) is 0. The molecule has 6 unspecified atom stereocenters. The van der Waals surface area contributed by atoms with Crippen LogP contribution in [0.4, 0.5) is 0 Å². The van der Waals surface area contributed by atoms with Crippen molar-refractivity contribution in [3.8, 4) is 0 Å². The molecule has 5 saturated heterocycles. The summed E-state index contributed by atoms with van der Waals surface area (Å²) >= 11 is 0. The van der Waals surface area contributed by atoms with E-state index in [0.29, 0.717) is 30.1 Å². The first-order valence-corrected chi connectivity index (χ1v) is 19.1. The van der Waals surface area contributed by atoms with E-state index >= 15 is 0 Å². The number of unbranched alkanes of at least 4 members (excludes halogenated alkanes) is 2. The van der Waals surface area contributed by atoms with E-state index in [2.05, 4.69) is 31.6 Å². The first-order chi connectivity index (χ1) is 23.2. The van der Waals surface area contributed by atoms with Crippen molar-refractivity contribution < 1.29 is 33.8 Å². The maximum Gasteiger partial charge on any atom is 5.00 e. The number of aromatic nitrogens is 1. The fraction of sp³-hybridized carbons (Fsp3) is 0.789. The van der Waals surface area contributed by atoms with Crippen LogP contribution in [0.5, 0.6) is 0 Å². The molecule has 9 nitrogen and oxygen atoms in total. The Balaban J connectivity index is 0.000000176. The smallest absolute Gasteiger partial charge is 0.661 e. The number of oxazole rings is 1. The molecule has 0 amide bonds. The molecule has 5 fully saturated rings. The van der Waals surface area contributed by atoms with Crippen LogP contribution in [-0.2, 0) is 24.3 Å². The zero-order chi connectivity index (χ0) is 32.5. The van der Waals surface area contributed by atoms with Crippen LogP contribution >= 0.6 is 0 Å². The van der Waals surface area contributed by atoms with E-state index in [1.54, 1.807) is 0 Å². The van der Waals surface area contributed by atoms with Crippen molar-refractivity contribution in [2.45, 2.75) is 152 Å². The fourth-order valence-corrected chi connectivity index (χ4v) is 7.79. The number of hydrogen-bond acceptors (Lipinski definition) is 3. The van der Waals surface area contributed by atoms with Crippen LogP contribution in [-0.4, -0.2) is 73.0 Å². The van der Waals surface area contributed by atoms with Gasteiger partial charge < -0.3 is 36.1 Å². The molecule has 0 aliphatic carbocycles. The fourth-order valence-electron chi connectivity index (χ4n) is 7.79. The van der Waals surface area contributed by atoms with Gasteiger partial charge in [0.2, 0.25) is 0 Å². The minimum Gasteiger partial charge on any atom is -0.661 e. The molecule has 1 radical (unpaired) electrons. The molecular weight excluding hydrogens is 690 g/mol. The predicted molar refractivity (Wildman–Crippen MR) is 192 cm³/mol. The monoisotopic (exact) mass is 749 g/mol. The number of carboxylic acid groups (broad SMARTS) is 1. The molecule has 0 saturated carbocycles. The molecule has 48 heavy (non-hydrogen) atoms. The number of hydrogen-bond donors (Lipinski definition) is 1. The largest absolute Gasteiger partial charge is 5.00 e. The average Bonchev–Trinajstić information content (AvgIpc) is 3.58. The van der Waals surface area contributed by atoms with E-state index in [0.717, 1.165) is 88.2 Å². The third kappa shape index (κ3) is 13.4. The van der Waals surface area contributed by atoms with Crippen LogP contribution in [0.3, 0.4) is 0 Å². The third-order valence-corrected chi connectivity index (χ3v) is 10.5. The molecule has 5 aliphatic rings. The van der Waals surface area contributed by atoms with Gasteiger partial charge in [-0.05, 0) is 24.5 Å². The quantitative estimate of drug-likeness (QED) is 0.202. The number of benzene rings is 1. The maximum absolute atomic E-state index is 10.5. The number of fused-ring (bicyclic) bond motifs is 1. The van der Waals surface area contributed by atoms with Crippen molar-refractivity contribution in [2.24, 2.45) is 5.92 Å². The molecule has 0 spiro atoms. The summed E-state index contributed by atoms with van der Waals surface area (Å²) in [6.07, 6.45) is 22.3. The van der Waals surface area contributed by atoms with Crippen LogP contribution in [0.25, 0.3) is 37.7 Å². The van der Waals surface area contributed by atoms with Crippen LogP contribution in [0.15, 0.2) is 28.7 Å². The van der Waals surface area contributed by atoms with Crippen molar-refractivity contribution >= 4 is 17.1 Å². The van der Waals surface area contributed by atoms with Crippen molar-refractivity contribution in [3.63, 3.8) is 0 Å². The van der Waals surface area contributed by atoms with Crippen molar-refractivity contribution in [3.05, 3.63) is 56.7 Å². The van der Waals surface area contributed by atoms with Crippen LogP contribution in [0.2, 0.25) is 0 Å². The first-order valence-electron chi connectivity index (χ1n) is 19.1. The van der Waals surface area contributed by atoms with Gasteiger partial charge in [0.05, 0.1) is 0 Å². The Hall–Kier alpha value is -1.42. The normalized spacial score (nSPS) is 29.3. The van der Waals surface area contributed by atoms with Gasteiger partial charge in [0.25, 0.3) is 0 Å². The van der Waals surface area contributed by atoms with Gasteiger partial charge in [-0.25, -0.2) is 4.98 Å². The number of carboxylic acids is 1. The van der Waals surface area contributed by atoms with Gasteiger partial charge in [-0.1, -0.05) is 127 Å². The molecule has 2 aromatic rings. The van der Waals surface area contributed by atoms with E-state index < -0.39 is 5.97 Å². The minimum atomic E-state index is -0.697. The SMILES string of the molecule is C1CCC(C2CCCC[N-]2)[N-]C1.C1CCC(C2CCCC[N-]2)[N-]C1.O=C(O)CCCCCC1CC[N-]C(c2nc3ccccc3o2)C1.[Ru+5]. The average molecular weight is 749 g/mol. The van der Waals surface area contributed by atoms with Crippen LogP contribution < -0.4 is 0 Å². The summed E-state index contributed by atoms with van der Waals surface area (Å²) in [5, 5.41) is 32.0. The van der Waals surface area contributed by atoms with Gasteiger partial charge in [0.15, 0.2) is 11.5 Å². The summed E-state index contributed by atoms with van der Waals surface area (Å²) in [6.45, 7) is 5.24. The van der Waals surface area contributed by atoms with Crippen molar-refractivity contribution in [1.29, 1.82) is 0 Å². The second-order valence-corrected chi connectivity index (χ2v) is 14.2. The van der Waals surface area contributed by atoms with E-state index in [1.807, 2.05) is 24.3 Å². The van der Waals surface area contributed by atoms with Gasteiger partial charge in [-0.15, -0.1) is 32.7 Å². The molecule has 1 aromatic heterocycles. The van der Waals surface area contributed by atoms with E-state index in [4.69, 9.17) is 9.52 Å². The van der Waals surface area contributed by atoms with Gasteiger partial charge in [0, 0.05) is 6.42 Å². The number of rotatable bonds is 9. The van der Waals surface area contributed by atoms with E-state index in [9.17, 15) is 4.79 Å². The minimum absolute atomic E-state index is 0. The zero-order valence-electron chi connectivity index (χ0n) is 29.0. The molecule has 6 heterocycles. The second-order valence-electron chi connectivity index (χ2n) is 14.2. The molecule has 1 aromatic carbocycles. The van der Waals surface area contributed by atoms with Gasteiger partial charge >= 0.3 is 25.4 Å². The molecular formula is C38H59N6O3Ru. The van der Waals surface area contributed by atoms with Crippen molar-refractivity contribution in [2.75, 3.05) is 32.7 Å². The topological polar surface area (TPSA) is 134 Å². The zero-order valence-corrected chi connectivity index (χ0v) is 30.8. The van der Waals surface area contributed by atoms with Crippen LogP contribution in [0.1, 0.15) is 134 Å². The Bertz CT molecular complexity index is 1050. The third-order valence-electron chi connectivity index (χ3n) is 10.5. The first kappa shape index (κ1) is 39.4. The Morgan fingerprint density at radius 1 is 0.688 bits per heavy atom. The second kappa shape index (κ2) is 22.4. The predicted octanol–water partition coefficient (Wildman–Crippen LogP) is 10.4. The number of piperidine rings is 5. The summed E-state index contributed by atoms with van der Waals surface area (Å²) in [6, 6.07) is 10.3. The number of aliphatic carboxylic acids is 1. The number of nitrogens with zero attached hydrogens (tertiary/aromatic N) is 6. The number of para-hydroxylation sites is 2. The summed E-state index contributed by atoms with van der Waals surface area (Å²) in [5.74, 6) is 0.677. The molecule has 7 rings (SSSR count). The van der Waals surface area contributed by atoms with Crippen LogP contribution in [0, 0.1) is 5.92 Å². The molecule has 5 aliphatic heterocycles. The molecule has 10 heteroatoms. The molecule has 267 valence electrons. The number of carbonyl (C=O) groups is 1.